The van der Waals surface area contributed by atoms with E-state index in [-0.39, 0.29) is 12.2 Å². The lowest BCUT2D eigenvalue weighted by atomic mass is 10.0. The van der Waals surface area contributed by atoms with E-state index in [1.165, 1.54) is 0 Å². The van der Waals surface area contributed by atoms with E-state index in [0.717, 1.165) is 25.7 Å². The Hall–Kier alpha value is -0.640. The van der Waals surface area contributed by atoms with Crippen molar-refractivity contribution in [1.82, 2.24) is 4.72 Å². The second kappa shape index (κ2) is 5.62. The van der Waals surface area contributed by atoms with E-state index in [9.17, 15) is 8.42 Å². The Morgan fingerprint density at radius 2 is 2.00 bits per heavy atom. The van der Waals surface area contributed by atoms with E-state index in [4.69, 9.17) is 11.0 Å². The maximum atomic E-state index is 11.7. The summed E-state index contributed by atoms with van der Waals surface area (Å²) in [6, 6.07) is 1.94. The van der Waals surface area contributed by atoms with Gasteiger partial charge in [-0.2, -0.15) is 5.26 Å². The Labute approximate surface area is 97.1 Å². The molecule has 0 amide bonds. The standard InChI is InChI=1S/C10H19N3O2S/c11-7-3-4-8-16(14,15)13-10(9-12)5-1-2-6-10/h13H,1-6,8-9,12H2. The van der Waals surface area contributed by atoms with E-state index in [2.05, 4.69) is 4.72 Å². The highest BCUT2D eigenvalue weighted by Crippen LogP contribution is 2.29. The summed E-state index contributed by atoms with van der Waals surface area (Å²) < 4.78 is 26.2. The van der Waals surface area contributed by atoms with Crippen LogP contribution in [0.15, 0.2) is 0 Å². The number of rotatable bonds is 6. The predicted molar refractivity (Wildman–Crippen MR) is 62.0 cm³/mol. The molecule has 0 aromatic carbocycles. The highest BCUT2D eigenvalue weighted by Gasteiger charge is 2.35. The van der Waals surface area contributed by atoms with Crippen LogP contribution in [-0.2, 0) is 10.0 Å². The van der Waals surface area contributed by atoms with Gasteiger partial charge < -0.3 is 5.73 Å². The minimum atomic E-state index is -3.29. The van der Waals surface area contributed by atoms with Gasteiger partial charge >= 0.3 is 0 Å². The second-order valence-electron chi connectivity index (χ2n) is 4.37. The summed E-state index contributed by atoms with van der Waals surface area (Å²) in [4.78, 5) is 0. The molecule has 1 fully saturated rings. The first-order valence-electron chi connectivity index (χ1n) is 5.62. The fraction of sp³-hybridized carbons (Fsp3) is 0.900. The van der Waals surface area contributed by atoms with Crippen LogP contribution in [-0.4, -0.2) is 26.3 Å². The molecule has 0 aromatic rings. The van der Waals surface area contributed by atoms with Crippen molar-refractivity contribution < 1.29 is 8.42 Å². The van der Waals surface area contributed by atoms with Gasteiger partial charge in [0.1, 0.15) is 0 Å². The van der Waals surface area contributed by atoms with Crippen molar-refractivity contribution >= 4 is 10.0 Å². The molecule has 1 aliphatic carbocycles. The predicted octanol–water partition coefficient (Wildman–Crippen LogP) is 0.481. The highest BCUT2D eigenvalue weighted by molar-refractivity contribution is 7.89. The zero-order chi connectivity index (χ0) is 12.1. The Balaban J connectivity index is 2.54. The molecule has 0 radical (unpaired) electrons. The molecule has 0 spiro atoms. The topological polar surface area (TPSA) is 96.0 Å². The summed E-state index contributed by atoms with van der Waals surface area (Å²) in [5, 5.41) is 8.36. The van der Waals surface area contributed by atoms with Crippen molar-refractivity contribution in [2.45, 2.75) is 44.1 Å². The molecule has 0 aliphatic heterocycles. The molecule has 0 heterocycles. The number of hydrogen-bond acceptors (Lipinski definition) is 4. The first kappa shape index (κ1) is 13.4. The molecule has 3 N–H and O–H groups in total. The summed E-state index contributed by atoms with van der Waals surface area (Å²) in [6.45, 7) is 0.352. The summed E-state index contributed by atoms with van der Waals surface area (Å²) in [6.07, 6.45) is 4.35. The molecule has 0 aromatic heterocycles. The normalized spacial score (nSPS) is 19.5. The number of nitrogens with one attached hydrogen (secondary N) is 1. The number of hydrogen-bond donors (Lipinski definition) is 2. The molecule has 1 rings (SSSR count). The monoisotopic (exact) mass is 245 g/mol. The quantitative estimate of drug-likeness (QED) is 0.665. The molecular weight excluding hydrogens is 226 g/mol. The fourth-order valence-corrected chi connectivity index (χ4v) is 3.70. The molecule has 1 saturated carbocycles. The molecule has 0 bridgehead atoms. The van der Waals surface area contributed by atoms with Crippen LogP contribution in [0.3, 0.4) is 0 Å². The van der Waals surface area contributed by atoms with Gasteiger partial charge in [0.2, 0.25) is 10.0 Å². The van der Waals surface area contributed by atoms with Gasteiger partial charge in [-0.25, -0.2) is 13.1 Å². The van der Waals surface area contributed by atoms with Crippen molar-refractivity contribution in [3.8, 4) is 6.07 Å². The first-order chi connectivity index (χ1) is 7.54. The SMILES string of the molecule is N#CCCCS(=O)(=O)NC1(CN)CCCC1. The molecule has 0 atom stereocenters. The van der Waals surface area contributed by atoms with E-state index in [1.807, 2.05) is 6.07 Å². The van der Waals surface area contributed by atoms with Crippen LogP contribution in [0.5, 0.6) is 0 Å². The van der Waals surface area contributed by atoms with Gasteiger partial charge in [0, 0.05) is 18.5 Å². The lowest BCUT2D eigenvalue weighted by molar-refractivity contribution is 0.399. The molecule has 0 unspecified atom stereocenters. The van der Waals surface area contributed by atoms with Gasteiger partial charge in [-0.3, -0.25) is 0 Å². The molecular formula is C10H19N3O2S. The number of nitrogens with two attached hydrogens (primary N) is 1. The highest BCUT2D eigenvalue weighted by atomic mass is 32.2. The van der Waals surface area contributed by atoms with Crippen LogP contribution in [0.4, 0.5) is 0 Å². The van der Waals surface area contributed by atoms with E-state index < -0.39 is 15.6 Å². The van der Waals surface area contributed by atoms with Gasteiger partial charge in [0.25, 0.3) is 0 Å². The van der Waals surface area contributed by atoms with Gasteiger partial charge in [-0.15, -0.1) is 0 Å². The lowest BCUT2D eigenvalue weighted by Crippen LogP contribution is -2.52. The van der Waals surface area contributed by atoms with Crippen molar-refractivity contribution in [2.75, 3.05) is 12.3 Å². The lowest BCUT2D eigenvalue weighted by Gasteiger charge is -2.28. The Kier molecular flexibility index (Phi) is 4.71. The number of sulfonamides is 1. The summed E-state index contributed by atoms with van der Waals surface area (Å²) in [5.74, 6) is 0.0162. The second-order valence-corrected chi connectivity index (χ2v) is 6.22. The van der Waals surface area contributed by atoms with Gasteiger partial charge in [-0.1, -0.05) is 12.8 Å². The zero-order valence-corrected chi connectivity index (χ0v) is 10.2. The van der Waals surface area contributed by atoms with E-state index in [0.29, 0.717) is 13.0 Å². The smallest absolute Gasteiger partial charge is 0.212 e. The van der Waals surface area contributed by atoms with Crippen LogP contribution in [0.2, 0.25) is 0 Å². The first-order valence-corrected chi connectivity index (χ1v) is 7.27. The van der Waals surface area contributed by atoms with Gasteiger partial charge in [-0.05, 0) is 19.3 Å². The molecule has 6 heteroatoms. The van der Waals surface area contributed by atoms with Crippen LogP contribution < -0.4 is 10.5 Å². The van der Waals surface area contributed by atoms with Crippen molar-refractivity contribution in [1.29, 1.82) is 5.26 Å². The van der Waals surface area contributed by atoms with E-state index in [1.54, 1.807) is 0 Å². The average Bonchev–Trinajstić information content (AvgIpc) is 2.66. The van der Waals surface area contributed by atoms with Gasteiger partial charge in [0.05, 0.1) is 11.8 Å². The molecule has 5 nitrogen and oxygen atoms in total. The minimum absolute atomic E-state index is 0.0162. The molecule has 92 valence electrons. The Morgan fingerprint density at radius 1 is 1.38 bits per heavy atom. The zero-order valence-electron chi connectivity index (χ0n) is 9.41. The third-order valence-electron chi connectivity index (χ3n) is 3.03. The molecule has 16 heavy (non-hydrogen) atoms. The molecule has 0 saturated heterocycles. The molecule has 1 aliphatic rings. The number of unbranched alkanes of at least 4 members (excludes halogenated alkanes) is 1. The van der Waals surface area contributed by atoms with Crippen LogP contribution >= 0.6 is 0 Å². The van der Waals surface area contributed by atoms with Crippen molar-refractivity contribution in [3.05, 3.63) is 0 Å². The maximum Gasteiger partial charge on any atom is 0.212 e. The Bertz CT molecular complexity index is 353. The van der Waals surface area contributed by atoms with Gasteiger partial charge in [0.15, 0.2) is 0 Å². The minimum Gasteiger partial charge on any atom is -0.329 e. The summed E-state index contributed by atoms with van der Waals surface area (Å²) in [7, 11) is -3.29. The maximum absolute atomic E-state index is 11.7. The number of nitriles is 1. The summed E-state index contributed by atoms with van der Waals surface area (Å²) >= 11 is 0. The van der Waals surface area contributed by atoms with Crippen LogP contribution in [0.25, 0.3) is 0 Å². The third kappa shape index (κ3) is 3.74. The van der Waals surface area contributed by atoms with Crippen LogP contribution in [0.1, 0.15) is 38.5 Å². The van der Waals surface area contributed by atoms with Crippen LogP contribution in [0, 0.1) is 11.3 Å². The Morgan fingerprint density at radius 3 is 2.50 bits per heavy atom. The third-order valence-corrected chi connectivity index (χ3v) is 4.60. The largest absolute Gasteiger partial charge is 0.329 e. The number of nitrogens with zero attached hydrogens (tertiary/aromatic N) is 1. The summed E-state index contributed by atoms with van der Waals surface area (Å²) in [5.41, 5.74) is 5.23. The van der Waals surface area contributed by atoms with E-state index >= 15 is 0 Å². The average molecular weight is 245 g/mol. The fourth-order valence-electron chi connectivity index (χ4n) is 2.12. The van der Waals surface area contributed by atoms with Crippen molar-refractivity contribution in [2.24, 2.45) is 5.73 Å². The van der Waals surface area contributed by atoms with Crippen molar-refractivity contribution in [3.63, 3.8) is 0 Å².